The first-order chi connectivity index (χ1) is 11.7. The molecule has 0 amide bonds. The van der Waals surface area contributed by atoms with Crippen molar-refractivity contribution in [1.82, 2.24) is 9.80 Å². The highest BCUT2D eigenvalue weighted by Crippen LogP contribution is 2.37. The second-order valence-electron chi connectivity index (χ2n) is 6.28. The fourth-order valence-corrected chi connectivity index (χ4v) is 3.20. The van der Waals surface area contributed by atoms with E-state index in [-0.39, 0.29) is 0 Å². The molecule has 0 radical (unpaired) electrons. The van der Waals surface area contributed by atoms with Gasteiger partial charge >= 0.3 is 0 Å². The number of hydrogen-bond donors (Lipinski definition) is 1. The third-order valence-corrected chi connectivity index (χ3v) is 4.67. The Bertz CT molecular complexity index is 779. The van der Waals surface area contributed by atoms with E-state index in [0.717, 1.165) is 60.4 Å². The molecule has 2 aliphatic rings. The molecular formula is C19H22N4O. The molecule has 0 spiro atoms. The molecule has 2 heterocycles. The Balaban J connectivity index is 1.82. The molecule has 5 heteroatoms. The van der Waals surface area contributed by atoms with E-state index in [4.69, 9.17) is 9.73 Å². The summed E-state index contributed by atoms with van der Waals surface area (Å²) in [7, 11) is 3.85. The highest BCUT2D eigenvalue weighted by atomic mass is 16.5. The number of likely N-dealkylation sites (N-methyl/N-ethyl adjacent to an activating group) is 1. The zero-order valence-electron chi connectivity index (χ0n) is 14.1. The van der Waals surface area contributed by atoms with Crippen LogP contribution >= 0.6 is 0 Å². The largest absolute Gasteiger partial charge is 0.497 e. The molecule has 5 nitrogen and oxygen atoms in total. The van der Waals surface area contributed by atoms with Crippen molar-refractivity contribution in [3.63, 3.8) is 0 Å². The van der Waals surface area contributed by atoms with Gasteiger partial charge in [0.05, 0.1) is 18.5 Å². The molecule has 0 bridgehead atoms. The Hall–Kier alpha value is -2.53. The molecule has 2 aliphatic heterocycles. The van der Waals surface area contributed by atoms with E-state index >= 15 is 0 Å². The fourth-order valence-electron chi connectivity index (χ4n) is 3.20. The maximum atomic E-state index is 5.38. The van der Waals surface area contributed by atoms with Gasteiger partial charge < -0.3 is 19.9 Å². The number of rotatable bonds is 1. The first-order valence-corrected chi connectivity index (χ1v) is 8.31. The molecule has 4 rings (SSSR count). The lowest BCUT2D eigenvalue weighted by atomic mass is 10.1. The zero-order chi connectivity index (χ0) is 16.5. The predicted octanol–water partition coefficient (Wildman–Crippen LogP) is 3.08. The predicted molar refractivity (Wildman–Crippen MR) is 98.0 cm³/mol. The van der Waals surface area contributed by atoms with Crippen molar-refractivity contribution >= 4 is 22.9 Å². The molecule has 0 aliphatic carbocycles. The van der Waals surface area contributed by atoms with E-state index in [0.29, 0.717) is 0 Å². The van der Waals surface area contributed by atoms with Crippen molar-refractivity contribution in [2.45, 2.75) is 0 Å². The number of amidine groups is 1. The van der Waals surface area contributed by atoms with Gasteiger partial charge in [-0.3, -0.25) is 0 Å². The third kappa shape index (κ3) is 2.71. The molecule has 0 atom stereocenters. The SMILES string of the molecule is COc1ccc2c(c1)N=C(N1CCN(C)CC1)c1ccccc1N2. The molecule has 0 saturated carbocycles. The standard InChI is InChI=1S/C19H22N4O/c1-22-9-11-23(12-10-22)19-15-5-3-4-6-16(15)20-17-8-7-14(24-2)13-18(17)21-19/h3-8,13,20H,9-12H2,1-2H3. The molecule has 2 aromatic carbocycles. The number of nitrogens with zero attached hydrogens (tertiary/aromatic N) is 3. The summed E-state index contributed by atoms with van der Waals surface area (Å²) >= 11 is 0. The number of para-hydroxylation sites is 1. The molecule has 0 aromatic heterocycles. The van der Waals surface area contributed by atoms with E-state index < -0.39 is 0 Å². The number of anilines is 2. The first kappa shape index (κ1) is 15.0. The Labute approximate surface area is 142 Å². The number of nitrogens with one attached hydrogen (secondary N) is 1. The smallest absolute Gasteiger partial charge is 0.138 e. The van der Waals surface area contributed by atoms with Gasteiger partial charge in [0.25, 0.3) is 0 Å². The number of ether oxygens (including phenoxy) is 1. The van der Waals surface area contributed by atoms with Gasteiger partial charge in [0.2, 0.25) is 0 Å². The Kier molecular flexibility index (Phi) is 3.86. The normalized spacial score (nSPS) is 17.2. The Morgan fingerprint density at radius 1 is 1.00 bits per heavy atom. The monoisotopic (exact) mass is 322 g/mol. The molecule has 1 saturated heterocycles. The number of piperazine rings is 1. The molecule has 1 N–H and O–H groups in total. The summed E-state index contributed by atoms with van der Waals surface area (Å²) in [6.45, 7) is 4.09. The average Bonchev–Trinajstić information content (AvgIpc) is 2.78. The van der Waals surface area contributed by atoms with Crippen molar-refractivity contribution in [1.29, 1.82) is 0 Å². The summed E-state index contributed by atoms with van der Waals surface area (Å²) < 4.78 is 5.38. The second kappa shape index (κ2) is 6.17. The van der Waals surface area contributed by atoms with Crippen LogP contribution in [0.1, 0.15) is 5.56 Å². The zero-order valence-corrected chi connectivity index (χ0v) is 14.1. The van der Waals surface area contributed by atoms with Crippen molar-refractivity contribution in [3.8, 4) is 5.75 Å². The summed E-state index contributed by atoms with van der Waals surface area (Å²) in [5, 5.41) is 3.52. The van der Waals surface area contributed by atoms with Crippen LogP contribution in [0.5, 0.6) is 5.75 Å². The number of benzene rings is 2. The van der Waals surface area contributed by atoms with Crippen molar-refractivity contribution in [3.05, 3.63) is 48.0 Å². The molecule has 1 fully saturated rings. The topological polar surface area (TPSA) is 40.1 Å². The number of aliphatic imine (C=N–C) groups is 1. The van der Waals surface area contributed by atoms with Crippen LogP contribution in [0.3, 0.4) is 0 Å². The minimum Gasteiger partial charge on any atom is -0.497 e. The van der Waals surface area contributed by atoms with E-state index in [1.165, 1.54) is 0 Å². The summed E-state index contributed by atoms with van der Waals surface area (Å²) in [5.41, 5.74) is 4.17. The van der Waals surface area contributed by atoms with Crippen molar-refractivity contribution < 1.29 is 4.74 Å². The van der Waals surface area contributed by atoms with Crippen molar-refractivity contribution in [2.24, 2.45) is 4.99 Å². The minimum atomic E-state index is 0.822. The van der Waals surface area contributed by atoms with Gasteiger partial charge in [-0.05, 0) is 31.3 Å². The lowest BCUT2D eigenvalue weighted by Gasteiger charge is -2.34. The molecule has 24 heavy (non-hydrogen) atoms. The third-order valence-electron chi connectivity index (χ3n) is 4.67. The molecular weight excluding hydrogens is 300 g/mol. The summed E-state index contributed by atoms with van der Waals surface area (Å²) in [6, 6.07) is 14.4. The summed E-state index contributed by atoms with van der Waals surface area (Å²) in [4.78, 5) is 9.76. The van der Waals surface area contributed by atoms with Gasteiger partial charge in [0.15, 0.2) is 0 Å². The highest BCUT2D eigenvalue weighted by molar-refractivity contribution is 6.07. The van der Waals surface area contributed by atoms with E-state index in [2.05, 4.69) is 46.4 Å². The molecule has 0 unspecified atom stereocenters. The highest BCUT2D eigenvalue weighted by Gasteiger charge is 2.23. The van der Waals surface area contributed by atoms with Crippen LogP contribution in [0.2, 0.25) is 0 Å². The fraction of sp³-hybridized carbons (Fsp3) is 0.316. The van der Waals surface area contributed by atoms with E-state index in [9.17, 15) is 0 Å². The Morgan fingerprint density at radius 2 is 1.79 bits per heavy atom. The van der Waals surface area contributed by atoms with Crippen LogP contribution in [-0.2, 0) is 0 Å². The number of fused-ring (bicyclic) bond motifs is 2. The molecule has 2 aromatic rings. The second-order valence-corrected chi connectivity index (χ2v) is 6.28. The molecule has 124 valence electrons. The van der Waals surface area contributed by atoms with Crippen molar-refractivity contribution in [2.75, 3.05) is 45.7 Å². The maximum absolute atomic E-state index is 5.38. The van der Waals surface area contributed by atoms with Crippen LogP contribution in [0.25, 0.3) is 0 Å². The number of methoxy groups -OCH3 is 1. The van der Waals surface area contributed by atoms with E-state index in [1.54, 1.807) is 7.11 Å². The maximum Gasteiger partial charge on any atom is 0.138 e. The number of hydrogen-bond acceptors (Lipinski definition) is 5. The van der Waals surface area contributed by atoms with Crippen LogP contribution in [0.4, 0.5) is 17.1 Å². The summed E-state index contributed by atoms with van der Waals surface area (Å²) in [5.74, 6) is 1.86. The minimum absolute atomic E-state index is 0.822. The van der Waals surface area contributed by atoms with E-state index in [1.807, 2.05) is 18.2 Å². The van der Waals surface area contributed by atoms with Gasteiger partial charge in [-0.1, -0.05) is 12.1 Å². The van der Waals surface area contributed by atoms with Gasteiger partial charge in [0, 0.05) is 43.5 Å². The van der Waals surface area contributed by atoms with Gasteiger partial charge in [-0.15, -0.1) is 0 Å². The first-order valence-electron chi connectivity index (χ1n) is 8.31. The van der Waals surface area contributed by atoms with Crippen LogP contribution < -0.4 is 10.1 Å². The Morgan fingerprint density at radius 3 is 2.58 bits per heavy atom. The van der Waals surface area contributed by atoms with Crippen LogP contribution in [0, 0.1) is 0 Å². The summed E-state index contributed by atoms with van der Waals surface area (Å²) in [6.07, 6.45) is 0. The average molecular weight is 322 g/mol. The van der Waals surface area contributed by atoms with Gasteiger partial charge in [-0.2, -0.15) is 0 Å². The van der Waals surface area contributed by atoms with Gasteiger partial charge in [-0.25, -0.2) is 4.99 Å². The van der Waals surface area contributed by atoms with Crippen LogP contribution in [0.15, 0.2) is 47.5 Å². The van der Waals surface area contributed by atoms with Gasteiger partial charge in [0.1, 0.15) is 11.6 Å². The lowest BCUT2D eigenvalue weighted by molar-refractivity contribution is 0.216. The van der Waals surface area contributed by atoms with Crippen LogP contribution in [-0.4, -0.2) is 56.0 Å². The lowest BCUT2D eigenvalue weighted by Crippen LogP contribution is -2.47. The quantitative estimate of drug-likeness (QED) is 0.876.